The van der Waals surface area contributed by atoms with Crippen LogP contribution in [0.4, 0.5) is 0 Å². The molecule has 4 rings (SSSR count). The van der Waals surface area contributed by atoms with E-state index in [2.05, 4.69) is 21.6 Å². The van der Waals surface area contributed by atoms with Gasteiger partial charge in [0, 0.05) is 56.3 Å². The van der Waals surface area contributed by atoms with Gasteiger partial charge in [0.15, 0.2) is 0 Å². The molecule has 2 aliphatic rings. The molecule has 2 amide bonds. The summed E-state index contributed by atoms with van der Waals surface area (Å²) in [5.74, 6) is 0.170. The summed E-state index contributed by atoms with van der Waals surface area (Å²) in [6.07, 6.45) is 3.43. The van der Waals surface area contributed by atoms with Crippen molar-refractivity contribution in [3.8, 4) is 5.69 Å². The third kappa shape index (κ3) is 4.80. The maximum absolute atomic E-state index is 13.2. The van der Waals surface area contributed by atoms with E-state index in [9.17, 15) is 9.59 Å². The van der Waals surface area contributed by atoms with Crippen molar-refractivity contribution in [3.05, 3.63) is 52.3 Å². The first-order chi connectivity index (χ1) is 14.9. The molecule has 166 valence electrons. The SMILES string of the molecule is Cc1ccc(C)n1-c1ccc(Cl)c(C(=O)N2CCN(CC(=O)N3CCCCC3)CC2)c1. The number of aryl methyl sites for hydroxylation is 2. The van der Waals surface area contributed by atoms with E-state index < -0.39 is 0 Å². The molecule has 0 aliphatic carbocycles. The highest BCUT2D eigenvalue weighted by Gasteiger charge is 2.26. The molecule has 0 radical (unpaired) electrons. The van der Waals surface area contributed by atoms with E-state index in [1.54, 1.807) is 6.07 Å². The predicted molar refractivity (Wildman–Crippen MR) is 123 cm³/mol. The Morgan fingerprint density at radius 2 is 1.48 bits per heavy atom. The summed E-state index contributed by atoms with van der Waals surface area (Å²) in [6, 6.07) is 9.77. The van der Waals surface area contributed by atoms with Crippen molar-refractivity contribution in [3.63, 3.8) is 0 Å². The van der Waals surface area contributed by atoms with Gasteiger partial charge in [-0.25, -0.2) is 0 Å². The number of carbonyl (C=O) groups excluding carboxylic acids is 2. The molecule has 0 unspecified atom stereocenters. The van der Waals surface area contributed by atoms with Crippen molar-refractivity contribution < 1.29 is 9.59 Å². The van der Waals surface area contributed by atoms with E-state index in [4.69, 9.17) is 11.6 Å². The fraction of sp³-hybridized carbons (Fsp3) is 0.500. The van der Waals surface area contributed by atoms with Gasteiger partial charge in [-0.15, -0.1) is 0 Å². The molecule has 2 fully saturated rings. The first-order valence-corrected chi connectivity index (χ1v) is 11.6. The highest BCUT2D eigenvalue weighted by atomic mass is 35.5. The van der Waals surface area contributed by atoms with Gasteiger partial charge in [-0.1, -0.05) is 11.6 Å². The fourth-order valence-corrected chi connectivity index (χ4v) is 4.80. The van der Waals surface area contributed by atoms with Crippen LogP contribution in [0, 0.1) is 13.8 Å². The average molecular weight is 443 g/mol. The molecule has 1 aromatic carbocycles. The van der Waals surface area contributed by atoms with Crippen LogP contribution in [0.15, 0.2) is 30.3 Å². The number of halogens is 1. The quantitative estimate of drug-likeness (QED) is 0.727. The monoisotopic (exact) mass is 442 g/mol. The molecule has 0 N–H and O–H groups in total. The average Bonchev–Trinajstić information content (AvgIpc) is 3.13. The Hall–Kier alpha value is -2.31. The van der Waals surface area contributed by atoms with Gasteiger partial charge in [0.25, 0.3) is 5.91 Å². The van der Waals surface area contributed by atoms with E-state index >= 15 is 0 Å². The van der Waals surface area contributed by atoms with E-state index in [0.717, 1.165) is 43.0 Å². The Bertz CT molecular complexity index is 937. The lowest BCUT2D eigenvalue weighted by Crippen LogP contribution is -2.52. The number of amides is 2. The van der Waals surface area contributed by atoms with Crippen molar-refractivity contribution in [1.29, 1.82) is 0 Å². The van der Waals surface area contributed by atoms with Gasteiger partial charge in [-0.2, -0.15) is 0 Å². The van der Waals surface area contributed by atoms with Gasteiger partial charge >= 0.3 is 0 Å². The summed E-state index contributed by atoms with van der Waals surface area (Å²) in [4.78, 5) is 31.8. The molecule has 0 bridgehead atoms. The molecule has 2 aliphatic heterocycles. The normalized spacial score (nSPS) is 17.8. The van der Waals surface area contributed by atoms with Crippen LogP contribution in [0.2, 0.25) is 5.02 Å². The van der Waals surface area contributed by atoms with Crippen LogP contribution in [0.5, 0.6) is 0 Å². The van der Waals surface area contributed by atoms with E-state index in [0.29, 0.717) is 43.3 Å². The van der Waals surface area contributed by atoms with Crippen LogP contribution in [0.25, 0.3) is 5.69 Å². The van der Waals surface area contributed by atoms with Crippen LogP contribution in [0.1, 0.15) is 41.0 Å². The second-order valence-electron chi connectivity index (χ2n) is 8.63. The second kappa shape index (κ2) is 9.45. The molecule has 7 heteroatoms. The van der Waals surface area contributed by atoms with Crippen LogP contribution in [0.3, 0.4) is 0 Å². The van der Waals surface area contributed by atoms with Crippen molar-refractivity contribution in [2.75, 3.05) is 45.8 Å². The Labute approximate surface area is 189 Å². The molecule has 6 nitrogen and oxygen atoms in total. The highest BCUT2D eigenvalue weighted by Crippen LogP contribution is 2.24. The zero-order valence-electron chi connectivity index (χ0n) is 18.4. The zero-order valence-corrected chi connectivity index (χ0v) is 19.2. The number of piperidine rings is 1. The summed E-state index contributed by atoms with van der Waals surface area (Å²) < 4.78 is 2.12. The lowest BCUT2D eigenvalue weighted by atomic mass is 10.1. The molecule has 2 saturated heterocycles. The molecule has 31 heavy (non-hydrogen) atoms. The van der Waals surface area contributed by atoms with Gasteiger partial charge in [0.2, 0.25) is 5.91 Å². The number of rotatable bonds is 4. The van der Waals surface area contributed by atoms with Crippen molar-refractivity contribution in [1.82, 2.24) is 19.3 Å². The summed E-state index contributed by atoms with van der Waals surface area (Å²) >= 11 is 6.42. The van der Waals surface area contributed by atoms with Gasteiger partial charge in [0.1, 0.15) is 0 Å². The number of hydrogen-bond donors (Lipinski definition) is 0. The first-order valence-electron chi connectivity index (χ1n) is 11.2. The van der Waals surface area contributed by atoms with Crippen LogP contribution < -0.4 is 0 Å². The molecular weight excluding hydrogens is 412 g/mol. The van der Waals surface area contributed by atoms with Gasteiger partial charge in [-0.3, -0.25) is 14.5 Å². The summed E-state index contributed by atoms with van der Waals surface area (Å²) in [5, 5.41) is 0.471. The number of benzene rings is 1. The van der Waals surface area contributed by atoms with Crippen molar-refractivity contribution in [2.24, 2.45) is 0 Å². The standard InChI is InChI=1S/C24H31ClN4O2/c1-18-6-7-19(2)29(18)20-8-9-22(25)21(16-20)24(31)28-14-12-26(13-15-28)17-23(30)27-10-4-3-5-11-27/h6-9,16H,3-5,10-15,17H2,1-2H3. The lowest BCUT2D eigenvalue weighted by Gasteiger charge is -2.36. The molecule has 0 saturated carbocycles. The van der Waals surface area contributed by atoms with Crippen LogP contribution >= 0.6 is 11.6 Å². The molecule has 3 heterocycles. The predicted octanol–water partition coefficient (Wildman–Crippen LogP) is 3.52. The summed E-state index contributed by atoms with van der Waals surface area (Å²) in [7, 11) is 0. The topological polar surface area (TPSA) is 48.8 Å². The zero-order chi connectivity index (χ0) is 22.0. The maximum Gasteiger partial charge on any atom is 0.255 e. The Morgan fingerprint density at radius 1 is 0.839 bits per heavy atom. The summed E-state index contributed by atoms with van der Waals surface area (Å²) in [5.41, 5.74) is 3.71. The highest BCUT2D eigenvalue weighted by molar-refractivity contribution is 6.33. The maximum atomic E-state index is 13.2. The molecule has 1 aromatic heterocycles. The van der Waals surface area contributed by atoms with E-state index in [1.165, 1.54) is 6.42 Å². The van der Waals surface area contributed by atoms with Crippen LogP contribution in [-0.2, 0) is 4.79 Å². The van der Waals surface area contributed by atoms with Crippen molar-refractivity contribution >= 4 is 23.4 Å². The number of likely N-dealkylation sites (tertiary alicyclic amines) is 1. The molecule has 0 atom stereocenters. The lowest BCUT2D eigenvalue weighted by molar-refractivity contribution is -0.133. The van der Waals surface area contributed by atoms with Crippen molar-refractivity contribution in [2.45, 2.75) is 33.1 Å². The minimum Gasteiger partial charge on any atom is -0.342 e. The van der Waals surface area contributed by atoms with E-state index in [1.807, 2.05) is 35.8 Å². The Morgan fingerprint density at radius 3 is 2.13 bits per heavy atom. The Balaban J connectivity index is 1.39. The largest absolute Gasteiger partial charge is 0.342 e. The van der Waals surface area contributed by atoms with Gasteiger partial charge in [0.05, 0.1) is 17.1 Å². The number of carbonyl (C=O) groups is 2. The van der Waals surface area contributed by atoms with Gasteiger partial charge < -0.3 is 14.4 Å². The Kier molecular flexibility index (Phi) is 6.68. The summed E-state index contributed by atoms with van der Waals surface area (Å²) in [6.45, 7) is 8.93. The molecular formula is C24H31ClN4O2. The minimum absolute atomic E-state index is 0.0451. The van der Waals surface area contributed by atoms with Gasteiger partial charge in [-0.05, 0) is 63.4 Å². The van der Waals surface area contributed by atoms with Crippen LogP contribution in [-0.4, -0.2) is 76.9 Å². The minimum atomic E-state index is -0.0451. The molecule has 0 spiro atoms. The second-order valence-corrected chi connectivity index (χ2v) is 9.03. The third-order valence-electron chi connectivity index (χ3n) is 6.44. The van der Waals surface area contributed by atoms with E-state index in [-0.39, 0.29) is 11.8 Å². The fourth-order valence-electron chi connectivity index (χ4n) is 4.61. The number of aromatic nitrogens is 1. The first kappa shape index (κ1) is 21.9. The smallest absolute Gasteiger partial charge is 0.255 e. The number of piperazine rings is 1. The number of nitrogens with zero attached hydrogens (tertiary/aromatic N) is 4. The third-order valence-corrected chi connectivity index (χ3v) is 6.77. The molecule has 2 aromatic rings. The number of hydrogen-bond acceptors (Lipinski definition) is 3.